The molecular formula is C13H20N2O2. The molecule has 0 radical (unpaired) electrons. The second-order valence-corrected chi connectivity index (χ2v) is 4.36. The Labute approximate surface area is 102 Å². The largest absolute Gasteiger partial charge is 0.480 e. The molecule has 0 aliphatic carbocycles. The fourth-order valence-corrected chi connectivity index (χ4v) is 1.84. The van der Waals surface area contributed by atoms with E-state index in [1.54, 1.807) is 6.92 Å². The molecule has 1 atom stereocenters. The molecular weight excluding hydrogens is 216 g/mol. The molecule has 4 nitrogen and oxygen atoms in total. The first-order valence-electron chi connectivity index (χ1n) is 5.74. The van der Waals surface area contributed by atoms with Gasteiger partial charge in [0.1, 0.15) is 5.54 Å². The highest BCUT2D eigenvalue weighted by Crippen LogP contribution is 2.15. The number of carbonyl (C=O) groups is 1. The Morgan fingerprint density at radius 2 is 2.00 bits per heavy atom. The number of para-hydroxylation sites is 1. The monoisotopic (exact) mass is 236 g/mol. The fraction of sp³-hybridized carbons (Fsp3) is 0.462. The summed E-state index contributed by atoms with van der Waals surface area (Å²) in [5.74, 6) is -0.831. The number of nitrogens with zero attached hydrogens (tertiary/aromatic N) is 1. The van der Waals surface area contributed by atoms with Crippen molar-refractivity contribution >= 4 is 11.7 Å². The van der Waals surface area contributed by atoms with E-state index in [2.05, 4.69) is 5.32 Å². The maximum atomic E-state index is 11.3. The molecule has 1 aromatic carbocycles. The van der Waals surface area contributed by atoms with Crippen molar-refractivity contribution in [2.24, 2.45) is 0 Å². The second kappa shape index (κ2) is 5.68. The number of benzene rings is 1. The summed E-state index contributed by atoms with van der Waals surface area (Å²) < 4.78 is 0. The summed E-state index contributed by atoms with van der Waals surface area (Å²) >= 11 is 0. The van der Waals surface area contributed by atoms with Crippen LogP contribution in [-0.2, 0) is 4.79 Å². The summed E-state index contributed by atoms with van der Waals surface area (Å²) in [6, 6.07) is 9.76. The lowest BCUT2D eigenvalue weighted by molar-refractivity contribution is -0.143. The fourth-order valence-electron chi connectivity index (χ4n) is 1.84. The van der Waals surface area contributed by atoms with Crippen molar-refractivity contribution in [3.63, 3.8) is 0 Å². The molecule has 1 aromatic rings. The topological polar surface area (TPSA) is 52.6 Å². The van der Waals surface area contributed by atoms with Gasteiger partial charge >= 0.3 is 5.97 Å². The molecule has 4 heteroatoms. The number of nitrogens with one attached hydrogen (secondary N) is 1. The average molecular weight is 236 g/mol. The summed E-state index contributed by atoms with van der Waals surface area (Å²) in [6.45, 7) is 4.66. The van der Waals surface area contributed by atoms with Crippen LogP contribution >= 0.6 is 0 Å². The summed E-state index contributed by atoms with van der Waals surface area (Å²) in [5.41, 5.74) is 0.0807. The van der Waals surface area contributed by atoms with Gasteiger partial charge in [-0.25, -0.2) is 0 Å². The number of carboxylic acids is 1. The standard InChI is InChI=1S/C13H20N2O2/c1-4-14-13(2,12(16)17)10-15(3)11-8-6-5-7-9-11/h5-9,14H,4,10H2,1-3H3,(H,16,17). The molecule has 0 aliphatic heterocycles. The number of aliphatic carboxylic acids is 1. The molecule has 0 amide bonds. The van der Waals surface area contributed by atoms with Crippen LogP contribution in [0, 0.1) is 0 Å². The Morgan fingerprint density at radius 3 is 2.47 bits per heavy atom. The molecule has 0 saturated carbocycles. The van der Waals surface area contributed by atoms with E-state index in [0.717, 1.165) is 5.69 Å². The highest BCUT2D eigenvalue weighted by Gasteiger charge is 2.33. The van der Waals surface area contributed by atoms with Crippen molar-refractivity contribution in [2.75, 3.05) is 25.0 Å². The maximum absolute atomic E-state index is 11.3. The zero-order chi connectivity index (χ0) is 12.9. The zero-order valence-corrected chi connectivity index (χ0v) is 10.6. The van der Waals surface area contributed by atoms with Crippen LogP contribution < -0.4 is 10.2 Å². The first kappa shape index (κ1) is 13.5. The number of hydrogen-bond acceptors (Lipinski definition) is 3. The third-order valence-electron chi connectivity index (χ3n) is 2.79. The molecule has 1 unspecified atom stereocenters. The van der Waals surface area contributed by atoms with E-state index >= 15 is 0 Å². The van der Waals surface area contributed by atoms with Crippen molar-refractivity contribution in [2.45, 2.75) is 19.4 Å². The third-order valence-corrected chi connectivity index (χ3v) is 2.79. The number of anilines is 1. The van der Waals surface area contributed by atoms with Crippen molar-refractivity contribution in [3.8, 4) is 0 Å². The molecule has 2 N–H and O–H groups in total. The lowest BCUT2D eigenvalue weighted by Gasteiger charge is -2.32. The van der Waals surface area contributed by atoms with E-state index < -0.39 is 11.5 Å². The van der Waals surface area contributed by atoms with E-state index in [9.17, 15) is 9.90 Å². The molecule has 94 valence electrons. The molecule has 0 saturated heterocycles. The van der Waals surface area contributed by atoms with Crippen LogP contribution in [0.15, 0.2) is 30.3 Å². The van der Waals surface area contributed by atoms with Gasteiger partial charge in [-0.3, -0.25) is 4.79 Å². The number of likely N-dealkylation sites (N-methyl/N-ethyl adjacent to an activating group) is 2. The molecule has 0 bridgehead atoms. The maximum Gasteiger partial charge on any atom is 0.325 e. The van der Waals surface area contributed by atoms with Gasteiger partial charge in [0.25, 0.3) is 0 Å². The summed E-state index contributed by atoms with van der Waals surface area (Å²) in [5, 5.41) is 12.3. The van der Waals surface area contributed by atoms with Gasteiger partial charge < -0.3 is 15.3 Å². The van der Waals surface area contributed by atoms with Gasteiger partial charge in [0, 0.05) is 19.3 Å². The highest BCUT2D eigenvalue weighted by molar-refractivity contribution is 5.79. The van der Waals surface area contributed by atoms with Gasteiger partial charge in [0.05, 0.1) is 0 Å². The molecule has 17 heavy (non-hydrogen) atoms. The molecule has 0 spiro atoms. The Hall–Kier alpha value is -1.55. The normalized spacial score (nSPS) is 14.1. The van der Waals surface area contributed by atoms with Gasteiger partial charge in [-0.15, -0.1) is 0 Å². The minimum absolute atomic E-state index is 0.417. The van der Waals surface area contributed by atoms with Crippen molar-refractivity contribution in [1.82, 2.24) is 5.32 Å². The lowest BCUT2D eigenvalue weighted by Crippen LogP contribution is -2.56. The van der Waals surface area contributed by atoms with E-state index in [1.165, 1.54) is 0 Å². The molecule has 0 fully saturated rings. The predicted molar refractivity (Wildman–Crippen MR) is 69.4 cm³/mol. The van der Waals surface area contributed by atoms with Crippen LogP contribution in [0.3, 0.4) is 0 Å². The van der Waals surface area contributed by atoms with E-state index in [0.29, 0.717) is 13.1 Å². The second-order valence-electron chi connectivity index (χ2n) is 4.36. The predicted octanol–water partition coefficient (Wildman–Crippen LogP) is 1.58. The summed E-state index contributed by atoms with van der Waals surface area (Å²) in [6.07, 6.45) is 0. The van der Waals surface area contributed by atoms with Gasteiger partial charge in [0.15, 0.2) is 0 Å². The van der Waals surface area contributed by atoms with Gasteiger partial charge in [-0.1, -0.05) is 25.1 Å². The molecule has 0 aromatic heterocycles. The smallest absolute Gasteiger partial charge is 0.325 e. The zero-order valence-electron chi connectivity index (χ0n) is 10.6. The number of hydrogen-bond donors (Lipinski definition) is 2. The Morgan fingerprint density at radius 1 is 1.41 bits per heavy atom. The minimum Gasteiger partial charge on any atom is -0.480 e. The summed E-state index contributed by atoms with van der Waals surface area (Å²) in [4.78, 5) is 13.2. The molecule has 0 heterocycles. The summed E-state index contributed by atoms with van der Waals surface area (Å²) in [7, 11) is 1.90. The quantitative estimate of drug-likeness (QED) is 0.787. The van der Waals surface area contributed by atoms with Crippen LogP contribution in [0.2, 0.25) is 0 Å². The first-order chi connectivity index (χ1) is 7.99. The Balaban J connectivity index is 2.78. The minimum atomic E-state index is -0.931. The first-order valence-corrected chi connectivity index (χ1v) is 5.74. The Bertz CT molecular complexity index is 367. The van der Waals surface area contributed by atoms with Crippen LogP contribution in [-0.4, -0.2) is 36.8 Å². The molecule has 0 aliphatic rings. The lowest BCUT2D eigenvalue weighted by atomic mass is 10.0. The van der Waals surface area contributed by atoms with E-state index in [-0.39, 0.29) is 0 Å². The average Bonchev–Trinajstić information content (AvgIpc) is 2.30. The van der Waals surface area contributed by atoms with Crippen LogP contribution in [0.1, 0.15) is 13.8 Å². The number of rotatable bonds is 6. The SMILES string of the molecule is CCNC(C)(CN(C)c1ccccc1)C(=O)O. The van der Waals surface area contributed by atoms with Gasteiger partial charge in [0.2, 0.25) is 0 Å². The van der Waals surface area contributed by atoms with Crippen LogP contribution in [0.25, 0.3) is 0 Å². The van der Waals surface area contributed by atoms with Crippen LogP contribution in [0.5, 0.6) is 0 Å². The van der Waals surface area contributed by atoms with Crippen molar-refractivity contribution in [1.29, 1.82) is 0 Å². The van der Waals surface area contributed by atoms with Gasteiger partial charge in [-0.2, -0.15) is 0 Å². The van der Waals surface area contributed by atoms with Crippen LogP contribution in [0.4, 0.5) is 5.69 Å². The third kappa shape index (κ3) is 3.46. The van der Waals surface area contributed by atoms with E-state index in [1.807, 2.05) is 49.2 Å². The number of carboxylic acid groups (broad SMARTS) is 1. The highest BCUT2D eigenvalue weighted by atomic mass is 16.4. The van der Waals surface area contributed by atoms with Gasteiger partial charge in [-0.05, 0) is 25.6 Å². The van der Waals surface area contributed by atoms with Crippen molar-refractivity contribution < 1.29 is 9.90 Å². The van der Waals surface area contributed by atoms with E-state index in [4.69, 9.17) is 0 Å². The van der Waals surface area contributed by atoms with Crippen molar-refractivity contribution in [3.05, 3.63) is 30.3 Å². The Kier molecular flexibility index (Phi) is 4.52. The molecule has 1 rings (SSSR count).